The molecule has 0 aliphatic rings. The summed E-state index contributed by atoms with van der Waals surface area (Å²) in [4.78, 5) is 15.7. The molecule has 0 bridgehead atoms. The molecule has 0 saturated carbocycles. The Morgan fingerprint density at radius 3 is 2.88 bits per heavy atom. The van der Waals surface area contributed by atoms with Crippen molar-refractivity contribution in [3.63, 3.8) is 0 Å². The van der Waals surface area contributed by atoms with Gasteiger partial charge in [-0.05, 0) is 12.1 Å². The predicted octanol–water partition coefficient (Wildman–Crippen LogP) is 1.64. The quantitative estimate of drug-likeness (QED) is 0.720. The van der Waals surface area contributed by atoms with Gasteiger partial charge in [0.05, 0.1) is 12.7 Å². The summed E-state index contributed by atoms with van der Waals surface area (Å²) >= 11 is 0. The van der Waals surface area contributed by atoms with Crippen LogP contribution in [0.25, 0.3) is 5.65 Å². The summed E-state index contributed by atoms with van der Waals surface area (Å²) in [6.45, 7) is 4.05. The van der Waals surface area contributed by atoms with Gasteiger partial charge in [0, 0.05) is 12.1 Å². The van der Waals surface area contributed by atoms with E-state index >= 15 is 0 Å². The fourth-order valence-corrected chi connectivity index (χ4v) is 1.39. The predicted molar refractivity (Wildman–Crippen MR) is 58.4 cm³/mol. The van der Waals surface area contributed by atoms with Crippen molar-refractivity contribution in [1.29, 1.82) is 0 Å². The molecule has 0 aliphatic heterocycles. The molecular formula is C11H13N3O2. The molecule has 2 rings (SSSR count). The average molecular weight is 219 g/mol. The van der Waals surface area contributed by atoms with Gasteiger partial charge in [-0.2, -0.15) is 5.10 Å². The van der Waals surface area contributed by atoms with Gasteiger partial charge in [0.25, 0.3) is 0 Å². The van der Waals surface area contributed by atoms with Crippen molar-refractivity contribution in [2.75, 3.05) is 7.11 Å². The Bertz CT molecular complexity index is 531. The minimum Gasteiger partial charge on any atom is -0.465 e. The number of carbonyl (C=O) groups excluding carboxylic acids is 1. The number of pyridine rings is 1. The molecule has 16 heavy (non-hydrogen) atoms. The Hall–Kier alpha value is -1.91. The molecule has 0 radical (unpaired) electrons. The Morgan fingerprint density at radius 2 is 2.25 bits per heavy atom. The van der Waals surface area contributed by atoms with Crippen LogP contribution < -0.4 is 0 Å². The van der Waals surface area contributed by atoms with Crippen molar-refractivity contribution < 1.29 is 9.53 Å². The van der Waals surface area contributed by atoms with Gasteiger partial charge in [-0.15, -0.1) is 0 Å². The summed E-state index contributed by atoms with van der Waals surface area (Å²) in [5.74, 6) is 0.667. The standard InChI is InChI=1S/C11H13N3O2/c1-7(2)10-12-9-6-8(11(15)16-3)4-5-14(9)13-10/h4-7H,1-3H3. The van der Waals surface area contributed by atoms with Gasteiger partial charge in [-0.1, -0.05) is 13.8 Å². The first kappa shape index (κ1) is 10.6. The van der Waals surface area contributed by atoms with Gasteiger partial charge in [0.1, 0.15) is 0 Å². The maximum absolute atomic E-state index is 11.3. The van der Waals surface area contributed by atoms with Crippen LogP contribution in [-0.2, 0) is 4.74 Å². The highest BCUT2D eigenvalue weighted by atomic mass is 16.5. The van der Waals surface area contributed by atoms with Crippen LogP contribution in [0.3, 0.4) is 0 Å². The Labute approximate surface area is 93.1 Å². The summed E-state index contributed by atoms with van der Waals surface area (Å²) in [5.41, 5.74) is 1.14. The first-order valence-electron chi connectivity index (χ1n) is 5.06. The van der Waals surface area contributed by atoms with Crippen molar-refractivity contribution in [3.8, 4) is 0 Å². The molecule has 2 aromatic rings. The first-order valence-corrected chi connectivity index (χ1v) is 5.06. The molecule has 0 atom stereocenters. The van der Waals surface area contributed by atoms with Crippen LogP contribution in [0.1, 0.15) is 35.9 Å². The largest absolute Gasteiger partial charge is 0.465 e. The van der Waals surface area contributed by atoms with E-state index in [1.807, 2.05) is 13.8 Å². The van der Waals surface area contributed by atoms with E-state index in [0.29, 0.717) is 11.2 Å². The second kappa shape index (κ2) is 3.92. The molecule has 5 nitrogen and oxygen atoms in total. The fraction of sp³-hybridized carbons (Fsp3) is 0.364. The van der Waals surface area contributed by atoms with E-state index < -0.39 is 0 Å². The van der Waals surface area contributed by atoms with Crippen molar-refractivity contribution in [2.24, 2.45) is 0 Å². The van der Waals surface area contributed by atoms with E-state index in [-0.39, 0.29) is 11.9 Å². The number of methoxy groups -OCH3 is 1. The summed E-state index contributed by atoms with van der Waals surface area (Å²) in [7, 11) is 1.36. The topological polar surface area (TPSA) is 56.5 Å². The van der Waals surface area contributed by atoms with Crippen molar-refractivity contribution in [1.82, 2.24) is 14.6 Å². The lowest BCUT2D eigenvalue weighted by molar-refractivity contribution is 0.0600. The van der Waals surface area contributed by atoms with Crippen LogP contribution in [0.4, 0.5) is 0 Å². The van der Waals surface area contributed by atoms with Gasteiger partial charge >= 0.3 is 5.97 Å². The number of carbonyl (C=O) groups is 1. The monoisotopic (exact) mass is 219 g/mol. The molecule has 0 aliphatic carbocycles. The average Bonchev–Trinajstić information content (AvgIpc) is 2.70. The fourth-order valence-electron chi connectivity index (χ4n) is 1.39. The van der Waals surface area contributed by atoms with Crippen molar-refractivity contribution in [2.45, 2.75) is 19.8 Å². The summed E-state index contributed by atoms with van der Waals surface area (Å²) < 4.78 is 6.30. The van der Waals surface area contributed by atoms with Gasteiger partial charge in [0.2, 0.25) is 0 Å². The van der Waals surface area contributed by atoms with E-state index in [1.54, 1.807) is 22.8 Å². The van der Waals surface area contributed by atoms with E-state index in [0.717, 1.165) is 5.82 Å². The molecule has 2 aromatic heterocycles. The molecular weight excluding hydrogens is 206 g/mol. The second-order valence-corrected chi connectivity index (χ2v) is 3.83. The highest BCUT2D eigenvalue weighted by Crippen LogP contribution is 2.12. The second-order valence-electron chi connectivity index (χ2n) is 3.83. The zero-order valence-electron chi connectivity index (χ0n) is 9.47. The number of rotatable bonds is 2. The summed E-state index contributed by atoms with van der Waals surface area (Å²) in [6, 6.07) is 3.34. The molecule has 0 spiro atoms. The lowest BCUT2D eigenvalue weighted by atomic mass is 10.2. The zero-order chi connectivity index (χ0) is 11.7. The van der Waals surface area contributed by atoms with Crippen LogP contribution >= 0.6 is 0 Å². The van der Waals surface area contributed by atoms with Crippen LogP contribution in [0.2, 0.25) is 0 Å². The maximum Gasteiger partial charge on any atom is 0.338 e. The third kappa shape index (κ3) is 1.76. The number of ether oxygens (including phenoxy) is 1. The molecule has 0 amide bonds. The lowest BCUT2D eigenvalue weighted by Gasteiger charge is -1.97. The SMILES string of the molecule is COC(=O)c1ccn2nc(C(C)C)nc2c1. The third-order valence-electron chi connectivity index (χ3n) is 2.29. The van der Waals surface area contributed by atoms with E-state index in [9.17, 15) is 4.79 Å². The number of esters is 1. The molecule has 0 saturated heterocycles. The van der Waals surface area contributed by atoms with Gasteiger partial charge in [-0.25, -0.2) is 14.3 Å². The highest BCUT2D eigenvalue weighted by Gasteiger charge is 2.10. The number of aromatic nitrogens is 3. The smallest absolute Gasteiger partial charge is 0.338 e. The normalized spacial score (nSPS) is 11.0. The summed E-state index contributed by atoms with van der Waals surface area (Å²) in [6.07, 6.45) is 1.71. The number of fused-ring (bicyclic) bond motifs is 1. The Balaban J connectivity index is 2.49. The van der Waals surface area contributed by atoms with Crippen molar-refractivity contribution in [3.05, 3.63) is 29.7 Å². The first-order chi connectivity index (χ1) is 7.61. The van der Waals surface area contributed by atoms with Crippen LogP contribution in [-0.4, -0.2) is 27.7 Å². The molecule has 0 aromatic carbocycles. The highest BCUT2D eigenvalue weighted by molar-refractivity contribution is 5.90. The van der Waals surface area contributed by atoms with Crippen molar-refractivity contribution >= 4 is 11.6 Å². The molecule has 0 fully saturated rings. The van der Waals surface area contributed by atoms with E-state index in [2.05, 4.69) is 14.8 Å². The zero-order valence-corrected chi connectivity index (χ0v) is 9.47. The molecule has 84 valence electrons. The van der Waals surface area contributed by atoms with Crippen LogP contribution in [0.5, 0.6) is 0 Å². The van der Waals surface area contributed by atoms with Gasteiger partial charge < -0.3 is 4.74 Å². The summed E-state index contributed by atoms with van der Waals surface area (Å²) in [5, 5.41) is 4.29. The molecule has 2 heterocycles. The molecule has 0 N–H and O–H groups in total. The van der Waals surface area contributed by atoms with Gasteiger partial charge in [0.15, 0.2) is 11.5 Å². The van der Waals surface area contributed by atoms with Gasteiger partial charge in [-0.3, -0.25) is 0 Å². The lowest BCUT2D eigenvalue weighted by Crippen LogP contribution is -2.02. The van der Waals surface area contributed by atoms with E-state index in [4.69, 9.17) is 0 Å². The molecule has 0 unspecified atom stereocenters. The molecule has 5 heteroatoms. The third-order valence-corrected chi connectivity index (χ3v) is 2.29. The maximum atomic E-state index is 11.3. The minimum absolute atomic E-state index is 0.265. The Kier molecular flexibility index (Phi) is 2.60. The van der Waals surface area contributed by atoms with Crippen LogP contribution in [0.15, 0.2) is 18.3 Å². The minimum atomic E-state index is -0.364. The number of nitrogens with zero attached hydrogens (tertiary/aromatic N) is 3. The Morgan fingerprint density at radius 1 is 1.50 bits per heavy atom. The van der Waals surface area contributed by atoms with Crippen LogP contribution in [0, 0.1) is 0 Å². The van der Waals surface area contributed by atoms with E-state index in [1.165, 1.54) is 7.11 Å². The number of hydrogen-bond acceptors (Lipinski definition) is 4. The number of hydrogen-bond donors (Lipinski definition) is 0.